The van der Waals surface area contributed by atoms with Crippen molar-refractivity contribution in [3.8, 4) is 0 Å². The molecule has 3 heteroatoms. The highest BCUT2D eigenvalue weighted by Gasteiger charge is 2.21. The number of hydrogen-bond donors (Lipinski definition) is 2. The van der Waals surface area contributed by atoms with Crippen LogP contribution in [0.3, 0.4) is 0 Å². The number of benzene rings is 2. The van der Waals surface area contributed by atoms with Crippen molar-refractivity contribution in [1.29, 1.82) is 0 Å². The van der Waals surface area contributed by atoms with Crippen molar-refractivity contribution < 1.29 is 4.90 Å². The Morgan fingerprint density at radius 1 is 0.909 bits per heavy atom. The SMILES string of the molecule is c1ccc(C[NH+]2CCN(c3cccc4[nH]ccc34)CC2)cc1. The maximum atomic E-state index is 3.31. The Morgan fingerprint density at radius 2 is 1.73 bits per heavy atom. The van der Waals surface area contributed by atoms with Crippen LogP contribution in [0.2, 0.25) is 0 Å². The van der Waals surface area contributed by atoms with E-state index >= 15 is 0 Å². The van der Waals surface area contributed by atoms with E-state index in [0.717, 1.165) is 19.6 Å². The summed E-state index contributed by atoms with van der Waals surface area (Å²) in [5, 5.41) is 1.34. The first-order valence-electron chi connectivity index (χ1n) is 8.09. The molecule has 112 valence electrons. The molecule has 2 N–H and O–H groups in total. The normalized spacial score (nSPS) is 16.3. The molecular formula is C19H22N3+. The number of aromatic nitrogens is 1. The fourth-order valence-corrected chi connectivity index (χ4v) is 3.47. The number of nitrogens with one attached hydrogen (secondary N) is 2. The zero-order chi connectivity index (χ0) is 14.8. The standard InChI is InChI=1S/C19H21N3/c1-2-5-16(6-3-1)15-21-11-13-22(14-12-21)19-8-4-7-18-17(19)9-10-20-18/h1-10,20H,11-15H2/p+1. The van der Waals surface area contributed by atoms with Gasteiger partial charge < -0.3 is 14.8 Å². The van der Waals surface area contributed by atoms with Gasteiger partial charge in [-0.25, -0.2) is 0 Å². The molecule has 3 aromatic rings. The van der Waals surface area contributed by atoms with Gasteiger partial charge in [0.2, 0.25) is 0 Å². The molecule has 1 saturated heterocycles. The maximum absolute atomic E-state index is 3.31. The van der Waals surface area contributed by atoms with Crippen LogP contribution in [0.1, 0.15) is 5.56 Å². The molecule has 2 aromatic carbocycles. The quantitative estimate of drug-likeness (QED) is 0.758. The summed E-state index contributed by atoms with van der Waals surface area (Å²) in [5.41, 5.74) is 4.05. The molecule has 0 amide bonds. The summed E-state index contributed by atoms with van der Waals surface area (Å²) in [6.45, 7) is 5.81. The molecule has 3 nitrogen and oxygen atoms in total. The van der Waals surface area contributed by atoms with Gasteiger partial charge in [-0.3, -0.25) is 0 Å². The zero-order valence-electron chi connectivity index (χ0n) is 12.8. The number of fused-ring (bicyclic) bond motifs is 1. The number of anilines is 1. The second-order valence-electron chi connectivity index (χ2n) is 6.12. The Balaban J connectivity index is 1.45. The lowest BCUT2D eigenvalue weighted by molar-refractivity contribution is -0.914. The van der Waals surface area contributed by atoms with Crippen molar-refractivity contribution in [3.05, 3.63) is 66.4 Å². The zero-order valence-corrected chi connectivity index (χ0v) is 12.8. The van der Waals surface area contributed by atoms with Crippen molar-refractivity contribution in [2.24, 2.45) is 0 Å². The summed E-state index contributed by atoms with van der Waals surface area (Å²) >= 11 is 0. The lowest BCUT2D eigenvalue weighted by Gasteiger charge is -2.34. The number of piperazine rings is 1. The average molecular weight is 292 g/mol. The smallest absolute Gasteiger partial charge is 0.103 e. The van der Waals surface area contributed by atoms with E-state index in [-0.39, 0.29) is 0 Å². The lowest BCUT2D eigenvalue weighted by Crippen LogP contribution is -3.13. The molecule has 0 unspecified atom stereocenters. The number of rotatable bonds is 3. The molecule has 0 spiro atoms. The van der Waals surface area contributed by atoms with Gasteiger partial charge in [0.1, 0.15) is 6.54 Å². The molecule has 4 rings (SSSR count). The van der Waals surface area contributed by atoms with Crippen LogP contribution in [0.15, 0.2) is 60.8 Å². The van der Waals surface area contributed by atoms with Crippen LogP contribution in [0.25, 0.3) is 10.9 Å². The minimum Gasteiger partial charge on any atom is -0.361 e. The third-order valence-corrected chi connectivity index (χ3v) is 4.68. The minimum atomic E-state index is 1.13. The number of aromatic amines is 1. The highest BCUT2D eigenvalue weighted by molar-refractivity contribution is 5.92. The Kier molecular flexibility index (Phi) is 3.57. The Morgan fingerprint density at radius 3 is 2.55 bits per heavy atom. The minimum absolute atomic E-state index is 1.13. The molecule has 0 bridgehead atoms. The van der Waals surface area contributed by atoms with Gasteiger partial charge >= 0.3 is 0 Å². The monoisotopic (exact) mass is 292 g/mol. The topological polar surface area (TPSA) is 23.5 Å². The van der Waals surface area contributed by atoms with Gasteiger partial charge in [0, 0.05) is 28.4 Å². The molecule has 0 radical (unpaired) electrons. The van der Waals surface area contributed by atoms with Crippen molar-refractivity contribution in [2.45, 2.75) is 6.54 Å². The van der Waals surface area contributed by atoms with Gasteiger partial charge in [-0.1, -0.05) is 36.4 Å². The summed E-state index contributed by atoms with van der Waals surface area (Å²) in [7, 11) is 0. The van der Waals surface area contributed by atoms with E-state index in [1.54, 1.807) is 4.90 Å². The second kappa shape index (κ2) is 5.85. The Hall–Kier alpha value is -2.26. The van der Waals surface area contributed by atoms with E-state index in [0.29, 0.717) is 0 Å². The van der Waals surface area contributed by atoms with Crippen molar-refractivity contribution >= 4 is 16.6 Å². The van der Waals surface area contributed by atoms with Crippen LogP contribution in [0.4, 0.5) is 5.69 Å². The first-order chi connectivity index (χ1) is 10.9. The summed E-state index contributed by atoms with van der Waals surface area (Å²) in [4.78, 5) is 7.52. The molecule has 1 fully saturated rings. The van der Waals surface area contributed by atoms with Crippen molar-refractivity contribution in [3.63, 3.8) is 0 Å². The number of nitrogens with zero attached hydrogens (tertiary/aromatic N) is 1. The number of quaternary nitrogens is 1. The predicted molar refractivity (Wildman–Crippen MR) is 91.4 cm³/mol. The van der Waals surface area contributed by atoms with Gasteiger partial charge in [-0.15, -0.1) is 0 Å². The average Bonchev–Trinajstić information content (AvgIpc) is 3.05. The van der Waals surface area contributed by atoms with E-state index in [9.17, 15) is 0 Å². The molecule has 1 aromatic heterocycles. The van der Waals surface area contributed by atoms with Gasteiger partial charge in [-0.2, -0.15) is 0 Å². The first kappa shape index (κ1) is 13.4. The van der Waals surface area contributed by atoms with Crippen LogP contribution in [0.5, 0.6) is 0 Å². The molecular weight excluding hydrogens is 270 g/mol. The molecule has 2 heterocycles. The summed E-state index contributed by atoms with van der Waals surface area (Å²) in [5.74, 6) is 0. The molecule has 1 aliphatic heterocycles. The van der Waals surface area contributed by atoms with Crippen LogP contribution in [0, 0.1) is 0 Å². The third-order valence-electron chi connectivity index (χ3n) is 4.68. The van der Waals surface area contributed by atoms with E-state index < -0.39 is 0 Å². The summed E-state index contributed by atoms with van der Waals surface area (Å²) < 4.78 is 0. The maximum Gasteiger partial charge on any atom is 0.103 e. The number of hydrogen-bond acceptors (Lipinski definition) is 1. The van der Waals surface area contributed by atoms with Crippen molar-refractivity contribution in [1.82, 2.24) is 4.98 Å². The van der Waals surface area contributed by atoms with Crippen LogP contribution >= 0.6 is 0 Å². The predicted octanol–water partition coefficient (Wildman–Crippen LogP) is 2.07. The van der Waals surface area contributed by atoms with Crippen LogP contribution < -0.4 is 9.80 Å². The van der Waals surface area contributed by atoms with Gasteiger partial charge in [0.25, 0.3) is 0 Å². The number of H-pyrrole nitrogens is 1. The van der Waals surface area contributed by atoms with E-state index in [4.69, 9.17) is 0 Å². The van der Waals surface area contributed by atoms with Gasteiger partial charge in [0.15, 0.2) is 0 Å². The summed E-state index contributed by atoms with van der Waals surface area (Å²) in [6, 6.07) is 19.6. The third kappa shape index (κ3) is 2.60. The highest BCUT2D eigenvalue weighted by Crippen LogP contribution is 2.25. The fourth-order valence-electron chi connectivity index (χ4n) is 3.47. The van der Waals surface area contributed by atoms with E-state index in [1.165, 1.54) is 35.2 Å². The largest absolute Gasteiger partial charge is 0.361 e. The van der Waals surface area contributed by atoms with E-state index in [1.807, 2.05) is 6.20 Å². The van der Waals surface area contributed by atoms with Crippen LogP contribution in [-0.4, -0.2) is 31.2 Å². The Bertz CT molecular complexity index is 739. The molecule has 0 saturated carbocycles. The molecule has 0 aliphatic carbocycles. The second-order valence-corrected chi connectivity index (χ2v) is 6.12. The summed E-state index contributed by atoms with van der Waals surface area (Å²) in [6.07, 6.45) is 2.03. The first-order valence-corrected chi connectivity index (χ1v) is 8.09. The van der Waals surface area contributed by atoms with E-state index in [2.05, 4.69) is 64.5 Å². The van der Waals surface area contributed by atoms with Crippen molar-refractivity contribution in [2.75, 3.05) is 31.1 Å². The molecule has 0 atom stereocenters. The van der Waals surface area contributed by atoms with Gasteiger partial charge in [-0.05, 0) is 18.2 Å². The van der Waals surface area contributed by atoms with Gasteiger partial charge in [0.05, 0.1) is 26.2 Å². The highest BCUT2D eigenvalue weighted by atomic mass is 15.3. The van der Waals surface area contributed by atoms with Crippen LogP contribution in [-0.2, 0) is 6.54 Å². The molecule has 22 heavy (non-hydrogen) atoms. The molecule has 1 aliphatic rings. The lowest BCUT2D eigenvalue weighted by atomic mass is 10.1. The fraction of sp³-hybridized carbons (Fsp3) is 0.263. The Labute approximate surface area is 131 Å².